The molecule has 4 rings (SSSR count). The number of nitrogen functional groups attached to an aromatic ring is 2. The zero-order chi connectivity index (χ0) is 30.9. The molecule has 1 fully saturated rings. The smallest absolute Gasteiger partial charge is 0.459 e. The molecule has 2 aromatic heterocycles. The lowest BCUT2D eigenvalue weighted by Gasteiger charge is -2.30. The number of nitrogens with two attached hydrogens (primary N) is 2. The Bertz CT molecular complexity index is 1610. The summed E-state index contributed by atoms with van der Waals surface area (Å²) >= 11 is 0. The van der Waals surface area contributed by atoms with Crippen molar-refractivity contribution in [1.29, 1.82) is 5.26 Å². The second-order valence-electron chi connectivity index (χ2n) is 9.62. The second-order valence-corrected chi connectivity index (χ2v) is 11.3. The van der Waals surface area contributed by atoms with Gasteiger partial charge < -0.3 is 35.7 Å². The summed E-state index contributed by atoms with van der Waals surface area (Å²) < 4.78 is 37.3. The number of nitriles is 1. The molecule has 222 valence electrons. The van der Waals surface area contributed by atoms with Crippen molar-refractivity contribution in [2.75, 3.05) is 18.1 Å². The number of aliphatic hydroxyl groups is 2. The monoisotopic (exact) mass is 600 g/mol. The van der Waals surface area contributed by atoms with Crippen LogP contribution < -0.4 is 21.1 Å². The van der Waals surface area contributed by atoms with Gasteiger partial charge in [0.1, 0.15) is 42.4 Å². The fraction of sp³-hybridized carbons (Fsp3) is 0.400. The molecule has 3 aromatic rings. The van der Waals surface area contributed by atoms with Gasteiger partial charge in [-0.25, -0.2) is 14.1 Å². The van der Waals surface area contributed by atoms with Crippen molar-refractivity contribution in [2.45, 2.75) is 56.3 Å². The van der Waals surface area contributed by atoms with Gasteiger partial charge in [-0.05, 0) is 32.9 Å². The minimum Gasteiger partial charge on any atom is -0.462 e. The summed E-state index contributed by atoms with van der Waals surface area (Å²) in [5.41, 5.74) is 6.70. The highest BCUT2D eigenvalue weighted by molar-refractivity contribution is 7.52. The van der Waals surface area contributed by atoms with Crippen molar-refractivity contribution in [3.8, 4) is 24.2 Å². The van der Waals surface area contributed by atoms with Crippen molar-refractivity contribution in [1.82, 2.24) is 24.7 Å². The molecule has 0 amide bonds. The van der Waals surface area contributed by atoms with E-state index < -0.39 is 55.9 Å². The van der Waals surface area contributed by atoms with Crippen LogP contribution in [-0.4, -0.2) is 72.3 Å². The van der Waals surface area contributed by atoms with E-state index in [1.165, 1.54) is 19.1 Å². The number of carbonyl (C=O) groups is 1. The summed E-state index contributed by atoms with van der Waals surface area (Å²) in [5.74, 6) is 1.15. The maximum Gasteiger partial charge on any atom is 0.459 e. The molecule has 7 N–H and O–H groups in total. The minimum absolute atomic E-state index is 0.0131. The van der Waals surface area contributed by atoms with Crippen molar-refractivity contribution in [3.05, 3.63) is 42.2 Å². The molecule has 0 saturated carbocycles. The fourth-order valence-corrected chi connectivity index (χ4v) is 5.72. The number of hydrogen-bond donors (Lipinski definition) is 5. The van der Waals surface area contributed by atoms with Gasteiger partial charge in [0.25, 0.3) is 0 Å². The maximum absolute atomic E-state index is 13.9. The lowest BCUT2D eigenvalue weighted by molar-refractivity contribution is -0.149. The Kier molecular flexibility index (Phi) is 8.43. The molecule has 1 saturated heterocycles. The number of terminal acetylenes is 1. The third-order valence-electron chi connectivity index (χ3n) is 6.21. The van der Waals surface area contributed by atoms with Gasteiger partial charge in [-0.3, -0.25) is 9.32 Å². The molecule has 0 radical (unpaired) electrons. The Morgan fingerprint density at radius 1 is 1.29 bits per heavy atom. The first-order valence-electron chi connectivity index (χ1n) is 12.5. The zero-order valence-electron chi connectivity index (χ0n) is 22.7. The van der Waals surface area contributed by atoms with Crippen LogP contribution in [-0.2, 0) is 29.0 Å². The quantitative estimate of drug-likeness (QED) is 0.119. The summed E-state index contributed by atoms with van der Waals surface area (Å²) in [6.45, 7) is 3.77. The molecule has 16 nitrogen and oxygen atoms in total. The van der Waals surface area contributed by atoms with E-state index in [4.69, 9.17) is 36.4 Å². The third-order valence-corrected chi connectivity index (χ3v) is 7.83. The summed E-state index contributed by atoms with van der Waals surface area (Å²) in [6, 6.07) is 8.52. The average Bonchev–Trinajstić information content (AvgIpc) is 3.46. The van der Waals surface area contributed by atoms with Crippen LogP contribution in [0, 0.1) is 23.7 Å². The molecule has 1 aliphatic heterocycles. The van der Waals surface area contributed by atoms with E-state index >= 15 is 0 Å². The van der Waals surface area contributed by atoms with E-state index in [2.05, 4.69) is 26.1 Å². The largest absolute Gasteiger partial charge is 0.462 e. The molecule has 42 heavy (non-hydrogen) atoms. The predicted octanol–water partition coefficient (Wildman–Crippen LogP) is 0.265. The Balaban J connectivity index is 1.68. The highest BCUT2D eigenvalue weighted by Crippen LogP contribution is 2.50. The summed E-state index contributed by atoms with van der Waals surface area (Å²) in [4.78, 5) is 20.3. The van der Waals surface area contributed by atoms with Crippen LogP contribution in [0.4, 0.5) is 11.8 Å². The molecule has 1 aliphatic rings. The minimum atomic E-state index is -4.48. The fourth-order valence-electron chi connectivity index (χ4n) is 4.20. The van der Waals surface area contributed by atoms with Crippen LogP contribution in [0.5, 0.6) is 5.75 Å². The maximum atomic E-state index is 13.9. The Morgan fingerprint density at radius 2 is 1.98 bits per heavy atom. The molecular weight excluding hydrogens is 571 g/mol. The number of aliphatic hydroxyl groups excluding tert-OH is 2. The van der Waals surface area contributed by atoms with E-state index in [-0.39, 0.29) is 28.9 Å². The van der Waals surface area contributed by atoms with Crippen LogP contribution >= 0.6 is 7.75 Å². The number of fused-ring (bicyclic) bond motifs is 1. The van der Waals surface area contributed by atoms with Gasteiger partial charge in [-0.15, -0.1) is 11.5 Å². The lowest BCUT2D eigenvalue weighted by Crippen LogP contribution is -2.46. The third kappa shape index (κ3) is 5.60. The summed E-state index contributed by atoms with van der Waals surface area (Å²) in [7, 11) is -4.48. The number of ether oxygens (including phenoxy) is 2. The van der Waals surface area contributed by atoms with Gasteiger partial charge in [0.05, 0.1) is 12.3 Å². The van der Waals surface area contributed by atoms with Gasteiger partial charge in [0.15, 0.2) is 17.1 Å². The Labute approximate surface area is 240 Å². The Morgan fingerprint density at radius 3 is 2.60 bits per heavy atom. The molecule has 0 spiro atoms. The summed E-state index contributed by atoms with van der Waals surface area (Å²) in [5, 5.41) is 39.0. The highest BCUT2D eigenvalue weighted by atomic mass is 31.2. The van der Waals surface area contributed by atoms with Gasteiger partial charge >= 0.3 is 13.7 Å². The molecule has 6 atom stereocenters. The first-order chi connectivity index (χ1) is 19.8. The standard InChI is InChI=1S/C25H29N8O8P/c1-5-24(13-38-42(37,40-16-9-7-6-8-10-16)32-15(4)22(36)39-14(2)3)18(34)19(35)25(12-26,41-24)17-11-29-21-20(27)30-23(28)31-33(17)21/h1,6-11,14-15,18-19,34-35H,13H2,2-4H3,(H,32,37)(H4,27,28,30,31)/t15-,18?,19?,24+,25-,42-/m0/s1. The zero-order valence-corrected chi connectivity index (χ0v) is 23.6. The number of nitrogens with zero attached hydrogens (tertiary/aromatic N) is 5. The molecule has 17 heteroatoms. The van der Waals surface area contributed by atoms with E-state index in [9.17, 15) is 24.8 Å². The van der Waals surface area contributed by atoms with Gasteiger partial charge in [-0.1, -0.05) is 24.1 Å². The number of para-hydroxylation sites is 1. The van der Waals surface area contributed by atoms with Crippen LogP contribution in [0.1, 0.15) is 26.5 Å². The molecule has 3 heterocycles. The van der Waals surface area contributed by atoms with E-state index in [1.807, 2.05) is 6.07 Å². The van der Waals surface area contributed by atoms with Crippen LogP contribution in [0.15, 0.2) is 36.5 Å². The topological polar surface area (TPSA) is 242 Å². The van der Waals surface area contributed by atoms with Crippen molar-refractivity contribution in [2.24, 2.45) is 0 Å². The van der Waals surface area contributed by atoms with Crippen LogP contribution in [0.3, 0.4) is 0 Å². The average molecular weight is 601 g/mol. The van der Waals surface area contributed by atoms with Crippen LogP contribution in [0.2, 0.25) is 0 Å². The number of anilines is 2. The number of esters is 1. The molecule has 1 aromatic carbocycles. The van der Waals surface area contributed by atoms with Crippen molar-refractivity contribution in [3.63, 3.8) is 0 Å². The molecule has 0 aliphatic carbocycles. The highest BCUT2D eigenvalue weighted by Gasteiger charge is 2.65. The molecule has 0 bridgehead atoms. The van der Waals surface area contributed by atoms with Gasteiger partial charge in [0, 0.05) is 0 Å². The predicted molar refractivity (Wildman–Crippen MR) is 146 cm³/mol. The van der Waals surface area contributed by atoms with Gasteiger partial charge in [0.2, 0.25) is 11.5 Å². The normalized spacial score (nSPS) is 25.8. The number of aromatic nitrogens is 4. The number of benzene rings is 1. The Hall–Kier alpha value is -4.28. The molecular formula is C25H29N8O8P. The first kappa shape index (κ1) is 30.7. The second kappa shape index (κ2) is 11.5. The first-order valence-corrected chi connectivity index (χ1v) is 14.0. The van der Waals surface area contributed by atoms with E-state index in [0.717, 1.165) is 10.7 Å². The number of rotatable bonds is 10. The summed E-state index contributed by atoms with van der Waals surface area (Å²) in [6.07, 6.45) is 2.44. The lowest BCUT2D eigenvalue weighted by atomic mass is 9.89. The number of carbonyl (C=O) groups excluding carboxylic acids is 1. The number of nitrogens with one attached hydrogen (secondary N) is 1. The van der Waals surface area contributed by atoms with E-state index in [1.54, 1.807) is 32.0 Å². The van der Waals surface area contributed by atoms with Crippen molar-refractivity contribution < 1.29 is 38.1 Å². The number of hydrogen-bond acceptors (Lipinski definition) is 14. The van der Waals surface area contributed by atoms with E-state index in [0.29, 0.717) is 0 Å². The van der Waals surface area contributed by atoms with Gasteiger partial charge in [-0.2, -0.15) is 15.3 Å². The van der Waals surface area contributed by atoms with Crippen molar-refractivity contribution >= 4 is 31.1 Å². The number of imidazole rings is 1. The SMILES string of the molecule is C#C[C@]1(CO[P@@](=O)(N[C@@H](C)C(=O)OC(C)C)Oc2ccccc2)O[C@@](C#N)(c2cnc3c(N)nc(N)nn23)C(O)C1O. The van der Waals surface area contributed by atoms with Crippen LogP contribution in [0.25, 0.3) is 5.65 Å². The molecule has 2 unspecified atom stereocenters.